The molecule has 34 heavy (non-hydrogen) atoms. The van der Waals surface area contributed by atoms with E-state index in [4.69, 9.17) is 4.74 Å². The summed E-state index contributed by atoms with van der Waals surface area (Å²) in [5, 5.41) is 4.38. The van der Waals surface area contributed by atoms with E-state index in [2.05, 4.69) is 15.1 Å². The summed E-state index contributed by atoms with van der Waals surface area (Å²) in [7, 11) is 3.39. The summed E-state index contributed by atoms with van der Waals surface area (Å²) in [4.78, 5) is 24.0. The van der Waals surface area contributed by atoms with Gasteiger partial charge in [0.25, 0.3) is 5.56 Å². The van der Waals surface area contributed by atoms with E-state index in [1.807, 2.05) is 18.1 Å². The van der Waals surface area contributed by atoms with Crippen molar-refractivity contribution in [3.05, 3.63) is 69.8 Å². The van der Waals surface area contributed by atoms with Gasteiger partial charge in [-0.2, -0.15) is 5.10 Å². The molecule has 0 aliphatic carbocycles. The lowest BCUT2D eigenvalue weighted by molar-refractivity contribution is 0.0395. The third kappa shape index (κ3) is 3.71. The zero-order valence-corrected chi connectivity index (χ0v) is 18.7. The SMILES string of the molecule is Cc1nc2c(-c3cc(F)c(F)cc3F)nc(N3CCOC(c4cnn(C)c4)C3)cc2c(=O)n1C. The molecule has 0 radical (unpaired) electrons. The first kappa shape index (κ1) is 22.1. The highest BCUT2D eigenvalue weighted by Crippen LogP contribution is 2.33. The van der Waals surface area contributed by atoms with Crippen LogP contribution in [-0.4, -0.2) is 44.0 Å². The average molecular weight is 470 g/mol. The maximum atomic E-state index is 14.8. The van der Waals surface area contributed by atoms with E-state index in [-0.39, 0.29) is 33.8 Å². The lowest BCUT2D eigenvalue weighted by Crippen LogP contribution is -2.39. The second-order valence-electron chi connectivity index (χ2n) is 8.25. The zero-order chi connectivity index (χ0) is 24.1. The van der Waals surface area contributed by atoms with E-state index in [1.165, 1.54) is 4.57 Å². The number of benzene rings is 1. The smallest absolute Gasteiger partial charge is 0.261 e. The molecule has 11 heteroatoms. The number of halogens is 3. The standard InChI is InChI=1S/C23H21F3N6O2/c1-12-28-22-15(23(33)31(12)3)7-20(29-21(22)14-6-17(25)18(26)8-16(14)24)32-4-5-34-19(11-32)13-9-27-30(2)10-13/h6-10,19H,4-5,11H2,1-3H3. The number of aromatic nitrogens is 5. The van der Waals surface area contributed by atoms with Crippen molar-refractivity contribution in [3.8, 4) is 11.3 Å². The Morgan fingerprint density at radius 3 is 2.56 bits per heavy atom. The molecule has 1 atom stereocenters. The Morgan fingerprint density at radius 1 is 1.06 bits per heavy atom. The summed E-state index contributed by atoms with van der Waals surface area (Å²) in [5.74, 6) is -2.78. The van der Waals surface area contributed by atoms with E-state index >= 15 is 0 Å². The largest absolute Gasteiger partial charge is 0.370 e. The maximum Gasteiger partial charge on any atom is 0.261 e. The third-order valence-electron chi connectivity index (χ3n) is 6.03. The van der Waals surface area contributed by atoms with Crippen molar-refractivity contribution >= 4 is 16.7 Å². The quantitative estimate of drug-likeness (QED) is 0.429. The van der Waals surface area contributed by atoms with Crippen molar-refractivity contribution < 1.29 is 17.9 Å². The van der Waals surface area contributed by atoms with Crippen molar-refractivity contribution in [3.63, 3.8) is 0 Å². The molecule has 1 aliphatic heterocycles. The second kappa shape index (κ2) is 8.24. The van der Waals surface area contributed by atoms with Gasteiger partial charge in [-0.1, -0.05) is 0 Å². The Balaban J connectivity index is 1.69. The Morgan fingerprint density at radius 2 is 1.82 bits per heavy atom. The number of pyridine rings is 1. The van der Waals surface area contributed by atoms with Gasteiger partial charge in [-0.25, -0.2) is 23.1 Å². The zero-order valence-electron chi connectivity index (χ0n) is 18.7. The van der Waals surface area contributed by atoms with Gasteiger partial charge in [0.2, 0.25) is 0 Å². The van der Waals surface area contributed by atoms with Crippen LogP contribution in [0.15, 0.2) is 35.4 Å². The highest BCUT2D eigenvalue weighted by Gasteiger charge is 2.26. The van der Waals surface area contributed by atoms with Gasteiger partial charge in [-0.15, -0.1) is 0 Å². The number of hydrogen-bond donors (Lipinski definition) is 0. The van der Waals surface area contributed by atoms with E-state index in [1.54, 1.807) is 30.9 Å². The normalized spacial score (nSPS) is 16.4. The number of aryl methyl sites for hydroxylation is 2. The number of morpholine rings is 1. The number of ether oxygens (including phenoxy) is 1. The minimum absolute atomic E-state index is 0.0332. The predicted octanol–water partition coefficient (Wildman–Crippen LogP) is 3.03. The van der Waals surface area contributed by atoms with Crippen molar-refractivity contribution in [1.82, 2.24) is 24.3 Å². The monoisotopic (exact) mass is 470 g/mol. The molecule has 0 bridgehead atoms. The van der Waals surface area contributed by atoms with Crippen molar-refractivity contribution in [1.29, 1.82) is 0 Å². The molecule has 1 unspecified atom stereocenters. The van der Waals surface area contributed by atoms with Crippen LogP contribution >= 0.6 is 0 Å². The highest BCUT2D eigenvalue weighted by molar-refractivity contribution is 5.93. The molecule has 0 amide bonds. The van der Waals surface area contributed by atoms with Crippen LogP contribution in [0.5, 0.6) is 0 Å². The second-order valence-corrected chi connectivity index (χ2v) is 8.25. The molecule has 8 nitrogen and oxygen atoms in total. The Kier molecular flexibility index (Phi) is 5.35. The molecule has 1 aromatic carbocycles. The van der Waals surface area contributed by atoms with Gasteiger partial charge in [-0.05, 0) is 19.1 Å². The van der Waals surface area contributed by atoms with Crippen LogP contribution < -0.4 is 10.5 Å². The van der Waals surface area contributed by atoms with Gasteiger partial charge >= 0.3 is 0 Å². The van der Waals surface area contributed by atoms with Crippen LogP contribution in [0, 0.1) is 24.4 Å². The minimum atomic E-state index is -1.31. The molecule has 5 rings (SSSR count). The topological polar surface area (TPSA) is 78.1 Å². The fourth-order valence-corrected chi connectivity index (χ4v) is 4.08. The first-order valence-electron chi connectivity index (χ1n) is 10.6. The van der Waals surface area contributed by atoms with E-state index in [0.29, 0.717) is 37.4 Å². The Hall–Kier alpha value is -3.73. The van der Waals surface area contributed by atoms with Gasteiger partial charge in [-0.3, -0.25) is 14.0 Å². The molecule has 0 spiro atoms. The molecule has 0 saturated carbocycles. The van der Waals surface area contributed by atoms with Crippen LogP contribution in [0.4, 0.5) is 19.0 Å². The molecule has 3 aromatic heterocycles. The van der Waals surface area contributed by atoms with Crippen LogP contribution in [0.2, 0.25) is 0 Å². The summed E-state index contributed by atoms with van der Waals surface area (Å²) in [5.41, 5.74) is 0.337. The summed E-state index contributed by atoms with van der Waals surface area (Å²) >= 11 is 0. The lowest BCUT2D eigenvalue weighted by Gasteiger charge is -2.33. The summed E-state index contributed by atoms with van der Waals surface area (Å²) < 4.78 is 51.4. The number of hydrogen-bond acceptors (Lipinski definition) is 6. The summed E-state index contributed by atoms with van der Waals surface area (Å²) in [6, 6.07) is 2.80. The number of anilines is 1. The van der Waals surface area contributed by atoms with Gasteiger partial charge < -0.3 is 9.64 Å². The molecule has 1 aliphatic rings. The fraction of sp³-hybridized carbons (Fsp3) is 0.304. The third-order valence-corrected chi connectivity index (χ3v) is 6.03. The maximum absolute atomic E-state index is 14.8. The molecular weight excluding hydrogens is 449 g/mol. The molecule has 1 saturated heterocycles. The van der Waals surface area contributed by atoms with Crippen molar-refractivity contribution in [2.24, 2.45) is 14.1 Å². The molecule has 1 fully saturated rings. The molecule has 0 N–H and O–H groups in total. The summed E-state index contributed by atoms with van der Waals surface area (Å²) in [6.45, 7) is 2.89. The van der Waals surface area contributed by atoms with Gasteiger partial charge in [0.15, 0.2) is 11.6 Å². The number of nitrogens with zero attached hydrogens (tertiary/aromatic N) is 6. The van der Waals surface area contributed by atoms with Gasteiger partial charge in [0, 0.05) is 50.6 Å². The minimum Gasteiger partial charge on any atom is -0.370 e. The van der Waals surface area contributed by atoms with E-state index in [9.17, 15) is 18.0 Å². The molecule has 4 aromatic rings. The van der Waals surface area contributed by atoms with Crippen LogP contribution in [0.1, 0.15) is 17.5 Å². The first-order chi connectivity index (χ1) is 16.2. The van der Waals surface area contributed by atoms with Gasteiger partial charge in [0.1, 0.15) is 34.8 Å². The highest BCUT2D eigenvalue weighted by atomic mass is 19.2. The number of rotatable bonds is 3. The van der Waals surface area contributed by atoms with E-state index < -0.39 is 17.5 Å². The molecule has 4 heterocycles. The van der Waals surface area contributed by atoms with E-state index in [0.717, 1.165) is 11.6 Å². The summed E-state index contributed by atoms with van der Waals surface area (Å²) in [6.07, 6.45) is 3.28. The van der Waals surface area contributed by atoms with Crippen molar-refractivity contribution in [2.75, 3.05) is 24.6 Å². The molecule has 176 valence electrons. The van der Waals surface area contributed by atoms with Crippen LogP contribution in [0.3, 0.4) is 0 Å². The molecular formula is C23H21F3N6O2. The average Bonchev–Trinajstić information content (AvgIpc) is 3.26. The lowest BCUT2D eigenvalue weighted by atomic mass is 10.1. The van der Waals surface area contributed by atoms with Gasteiger partial charge in [0.05, 0.1) is 18.2 Å². The van der Waals surface area contributed by atoms with Crippen molar-refractivity contribution in [2.45, 2.75) is 13.0 Å². The first-order valence-corrected chi connectivity index (χ1v) is 10.6. The van der Waals surface area contributed by atoms with Crippen LogP contribution in [-0.2, 0) is 18.8 Å². The Bertz CT molecular complexity index is 1480. The Labute approximate surface area is 192 Å². The number of fused-ring (bicyclic) bond motifs is 1. The predicted molar refractivity (Wildman–Crippen MR) is 119 cm³/mol. The fourth-order valence-electron chi connectivity index (χ4n) is 4.08. The van der Waals surface area contributed by atoms with Crippen LogP contribution in [0.25, 0.3) is 22.2 Å².